The van der Waals surface area contributed by atoms with Gasteiger partial charge in [0.25, 0.3) is 0 Å². The first kappa shape index (κ1) is 40.3. The van der Waals surface area contributed by atoms with Gasteiger partial charge in [-0.1, -0.05) is 194 Å². The molecule has 0 unspecified atom stereocenters. The summed E-state index contributed by atoms with van der Waals surface area (Å²) >= 11 is 0. The zero-order chi connectivity index (χ0) is 45.8. The molecule has 0 saturated carbocycles. The van der Waals surface area contributed by atoms with E-state index in [4.69, 9.17) is 4.42 Å². The van der Waals surface area contributed by atoms with Crippen LogP contribution < -0.4 is 4.90 Å². The molecule has 0 aliphatic carbocycles. The summed E-state index contributed by atoms with van der Waals surface area (Å²) in [6.07, 6.45) is 0. The Hall–Kier alpha value is -8.98. The lowest BCUT2D eigenvalue weighted by molar-refractivity contribution is 0.629. The van der Waals surface area contributed by atoms with Gasteiger partial charge in [-0.3, -0.25) is 0 Å². The third-order valence-electron chi connectivity index (χ3n) is 14.1. The van der Waals surface area contributed by atoms with Crippen molar-refractivity contribution in [3.05, 3.63) is 260 Å². The van der Waals surface area contributed by atoms with Crippen molar-refractivity contribution in [2.45, 2.75) is 6.92 Å². The molecule has 1 heterocycles. The van der Waals surface area contributed by atoms with E-state index >= 15 is 0 Å². The lowest BCUT2D eigenvalue weighted by atomic mass is 9.93. The first-order valence-electron chi connectivity index (χ1n) is 23.7. The highest BCUT2D eigenvalue weighted by atomic mass is 16.3. The summed E-state index contributed by atoms with van der Waals surface area (Å²) in [7, 11) is 0. The smallest absolute Gasteiger partial charge is 0.138 e. The molecule has 2 heteroatoms. The van der Waals surface area contributed by atoms with E-state index in [2.05, 4.69) is 254 Å². The van der Waals surface area contributed by atoms with Crippen LogP contribution in [-0.4, -0.2) is 0 Å². The molecule has 2 nitrogen and oxygen atoms in total. The van der Waals surface area contributed by atoms with Gasteiger partial charge in [-0.05, 0) is 155 Å². The number of fused-ring (bicyclic) bond motifs is 7. The van der Waals surface area contributed by atoms with Gasteiger partial charge in [-0.2, -0.15) is 0 Å². The van der Waals surface area contributed by atoms with Crippen LogP contribution >= 0.6 is 0 Å². The molecule has 0 saturated heterocycles. The highest BCUT2D eigenvalue weighted by Crippen LogP contribution is 2.42. The van der Waals surface area contributed by atoms with E-state index in [1.54, 1.807) is 0 Å². The van der Waals surface area contributed by atoms with Gasteiger partial charge in [0, 0.05) is 33.6 Å². The first-order valence-corrected chi connectivity index (χ1v) is 23.7. The van der Waals surface area contributed by atoms with Crippen molar-refractivity contribution < 1.29 is 4.42 Å². The van der Waals surface area contributed by atoms with Gasteiger partial charge in [-0.25, -0.2) is 0 Å². The van der Waals surface area contributed by atoms with E-state index in [0.717, 1.165) is 56.0 Å². The minimum absolute atomic E-state index is 0.918. The molecule has 1 aromatic heterocycles. The Balaban J connectivity index is 0.853. The lowest BCUT2D eigenvalue weighted by Crippen LogP contribution is -2.09. The Morgan fingerprint density at radius 1 is 0.275 bits per heavy atom. The van der Waals surface area contributed by atoms with Gasteiger partial charge >= 0.3 is 0 Å². The summed E-state index contributed by atoms with van der Waals surface area (Å²) in [5.74, 6) is 0.924. The molecule has 13 rings (SSSR count). The molecule has 0 amide bonds. The molecule has 0 aliphatic heterocycles. The molecule has 0 fully saturated rings. The largest absolute Gasteiger partial charge is 0.456 e. The van der Waals surface area contributed by atoms with Crippen LogP contribution in [0.4, 0.5) is 17.1 Å². The summed E-state index contributed by atoms with van der Waals surface area (Å²) in [6, 6.07) is 92.6. The fourth-order valence-corrected chi connectivity index (χ4v) is 10.6. The Morgan fingerprint density at radius 2 is 0.652 bits per heavy atom. The van der Waals surface area contributed by atoms with E-state index in [1.165, 1.54) is 76.5 Å². The van der Waals surface area contributed by atoms with Crippen LogP contribution in [0.5, 0.6) is 0 Å². The summed E-state index contributed by atoms with van der Waals surface area (Å²) in [5.41, 5.74) is 15.9. The fourth-order valence-electron chi connectivity index (χ4n) is 10.6. The minimum atomic E-state index is 0.918. The molecule has 69 heavy (non-hydrogen) atoms. The molecular weight excluding hydrogens is 835 g/mol. The average molecular weight is 880 g/mol. The second-order valence-electron chi connectivity index (χ2n) is 18.1. The van der Waals surface area contributed by atoms with Gasteiger partial charge < -0.3 is 9.32 Å². The number of hydrogen-bond donors (Lipinski definition) is 0. The Bertz CT molecular complexity index is 3890. The number of furan rings is 1. The molecule has 13 aromatic rings. The second kappa shape index (κ2) is 16.7. The maximum atomic E-state index is 6.33. The van der Waals surface area contributed by atoms with E-state index in [1.807, 2.05) is 12.1 Å². The van der Waals surface area contributed by atoms with Crippen LogP contribution in [0.25, 0.3) is 110 Å². The van der Waals surface area contributed by atoms with Gasteiger partial charge in [0.1, 0.15) is 11.3 Å². The average Bonchev–Trinajstić information content (AvgIpc) is 3.77. The Labute approximate surface area is 401 Å². The van der Waals surface area contributed by atoms with Crippen LogP contribution in [0.3, 0.4) is 0 Å². The number of anilines is 3. The summed E-state index contributed by atoms with van der Waals surface area (Å²) in [5, 5.41) is 11.3. The first-order chi connectivity index (χ1) is 34.1. The number of nitrogens with zero attached hydrogens (tertiary/aromatic N) is 1. The van der Waals surface area contributed by atoms with E-state index in [-0.39, 0.29) is 0 Å². The van der Waals surface area contributed by atoms with Gasteiger partial charge in [0.2, 0.25) is 0 Å². The SMILES string of the molecule is Cc1c(-c2cccc(-c3ccc(-c4ccc(N(c5ccc(-c6cc7ccccc7c7ccccc67)cc5)c5ccc(-c6cc7ccccc7c7ccccc67)cc5)cc4)cc3)c2)oc2ccccc12. The van der Waals surface area contributed by atoms with Crippen molar-refractivity contribution in [1.29, 1.82) is 0 Å². The van der Waals surface area contributed by atoms with Crippen molar-refractivity contribution in [2.75, 3.05) is 4.90 Å². The van der Waals surface area contributed by atoms with Crippen molar-refractivity contribution in [1.82, 2.24) is 0 Å². The van der Waals surface area contributed by atoms with Crippen LogP contribution in [0.2, 0.25) is 0 Å². The molecule has 0 bridgehead atoms. The molecule has 0 aliphatic rings. The highest BCUT2D eigenvalue weighted by molar-refractivity contribution is 6.15. The molecule has 0 radical (unpaired) electrons. The van der Waals surface area contributed by atoms with Crippen LogP contribution in [-0.2, 0) is 0 Å². The standard InChI is InChI=1S/C67H45NO/c1-44-57-17-10-11-24-66(57)69-67(44)53-16-12-15-50(41-53)47-27-25-45(26-28-47)46-29-35-54(36-30-46)68(55-37-31-48(32-38-55)64-42-51-13-2-4-18-58(51)60-20-6-8-22-62(60)64)56-39-33-49(34-40-56)65-43-52-14-3-5-19-59(52)61-21-7-9-23-63(61)65/h2-43H,1H3. The maximum Gasteiger partial charge on any atom is 0.138 e. The van der Waals surface area contributed by atoms with Gasteiger partial charge in [-0.15, -0.1) is 0 Å². The zero-order valence-electron chi connectivity index (χ0n) is 38.1. The van der Waals surface area contributed by atoms with Gasteiger partial charge in [0.15, 0.2) is 0 Å². The van der Waals surface area contributed by atoms with Crippen molar-refractivity contribution in [3.8, 4) is 55.8 Å². The number of hydrogen-bond acceptors (Lipinski definition) is 2. The molecular formula is C67H45NO. The van der Waals surface area contributed by atoms with Crippen LogP contribution in [0.1, 0.15) is 5.56 Å². The number of rotatable bonds is 8. The minimum Gasteiger partial charge on any atom is -0.456 e. The Morgan fingerprint density at radius 3 is 1.14 bits per heavy atom. The number of benzene rings is 12. The van der Waals surface area contributed by atoms with E-state index in [9.17, 15) is 0 Å². The normalized spacial score (nSPS) is 11.6. The quantitative estimate of drug-likeness (QED) is 0.141. The lowest BCUT2D eigenvalue weighted by Gasteiger charge is -2.26. The van der Waals surface area contributed by atoms with Gasteiger partial charge in [0.05, 0.1) is 0 Å². The van der Waals surface area contributed by atoms with E-state index in [0.29, 0.717) is 0 Å². The zero-order valence-corrected chi connectivity index (χ0v) is 38.1. The van der Waals surface area contributed by atoms with Crippen molar-refractivity contribution >= 4 is 71.1 Å². The van der Waals surface area contributed by atoms with E-state index < -0.39 is 0 Å². The maximum absolute atomic E-state index is 6.33. The highest BCUT2D eigenvalue weighted by Gasteiger charge is 2.17. The van der Waals surface area contributed by atoms with Crippen molar-refractivity contribution in [2.24, 2.45) is 0 Å². The third kappa shape index (κ3) is 7.13. The molecule has 0 atom stereocenters. The number of aryl methyl sites for hydroxylation is 1. The van der Waals surface area contributed by atoms with Crippen LogP contribution in [0.15, 0.2) is 259 Å². The monoisotopic (exact) mass is 879 g/mol. The van der Waals surface area contributed by atoms with Crippen molar-refractivity contribution in [3.63, 3.8) is 0 Å². The summed E-state index contributed by atoms with van der Waals surface area (Å²) in [4.78, 5) is 2.37. The fraction of sp³-hybridized carbons (Fsp3) is 0.0149. The number of para-hydroxylation sites is 1. The second-order valence-corrected chi connectivity index (χ2v) is 18.1. The topological polar surface area (TPSA) is 16.4 Å². The predicted octanol–water partition coefficient (Wildman–Crippen LogP) is 19.2. The summed E-state index contributed by atoms with van der Waals surface area (Å²) in [6.45, 7) is 2.14. The third-order valence-corrected chi connectivity index (χ3v) is 14.1. The predicted molar refractivity (Wildman–Crippen MR) is 293 cm³/mol. The molecule has 324 valence electrons. The molecule has 0 N–H and O–H groups in total. The van der Waals surface area contributed by atoms with Crippen LogP contribution in [0, 0.1) is 6.92 Å². The molecule has 12 aromatic carbocycles. The molecule has 0 spiro atoms. The summed E-state index contributed by atoms with van der Waals surface area (Å²) < 4.78 is 6.33. The Kier molecular flexibility index (Phi) is 9.77.